The predicted octanol–water partition coefficient (Wildman–Crippen LogP) is 2.36. The zero-order valence-corrected chi connectivity index (χ0v) is 12.7. The van der Waals surface area contributed by atoms with Crippen molar-refractivity contribution in [1.82, 2.24) is 0 Å². The summed E-state index contributed by atoms with van der Waals surface area (Å²) in [6.07, 6.45) is 4.89. The number of nitrogens with two attached hydrogens (primary N) is 1. The van der Waals surface area contributed by atoms with Crippen molar-refractivity contribution in [3.05, 3.63) is 65.2 Å². The monoisotopic (exact) mass is 282 g/mol. The van der Waals surface area contributed by atoms with Crippen molar-refractivity contribution in [2.24, 2.45) is 0 Å². The van der Waals surface area contributed by atoms with E-state index in [1.807, 2.05) is 12.1 Å². The minimum absolute atomic E-state index is 0.748. The Bertz CT molecular complexity index is 576. The van der Waals surface area contributed by atoms with Gasteiger partial charge in [-0.25, -0.2) is 0 Å². The fourth-order valence-corrected chi connectivity index (χ4v) is 3.21. The van der Waals surface area contributed by atoms with Crippen LogP contribution in [0.3, 0.4) is 0 Å². The molecule has 1 atom stereocenters. The number of benzene rings is 2. The van der Waals surface area contributed by atoms with E-state index >= 15 is 0 Å². The first-order valence-corrected chi connectivity index (χ1v) is 7.88. The number of hydrogen-bond acceptors (Lipinski definition) is 1. The van der Waals surface area contributed by atoms with Crippen LogP contribution in [0, 0.1) is 0 Å². The number of hydrogen-bond donors (Lipinski definition) is 1. The summed E-state index contributed by atoms with van der Waals surface area (Å²) in [6, 6.07) is 18.1. The number of quaternary nitrogens is 1. The zero-order chi connectivity index (χ0) is 14.5. The summed E-state index contributed by atoms with van der Waals surface area (Å²) < 4.78 is 5.19. The highest BCUT2D eigenvalue weighted by Crippen LogP contribution is 2.19. The van der Waals surface area contributed by atoms with E-state index in [0.29, 0.717) is 0 Å². The first-order valence-electron chi connectivity index (χ1n) is 7.88. The van der Waals surface area contributed by atoms with Crippen molar-refractivity contribution >= 4 is 0 Å². The Kier molecular flexibility index (Phi) is 4.56. The molecule has 0 fully saturated rings. The standard InChI is InChI=1S/C19H23NO/c1-21-19-10-6-15(7-11-19)12-13-20-18-9-8-16-4-2-3-5-17(16)14-18/h2-7,10-11,18,20H,8-9,12-14H2,1H3/p+1/t18-/m1/s1. The molecule has 0 saturated carbocycles. The van der Waals surface area contributed by atoms with Crippen LogP contribution in [-0.4, -0.2) is 19.7 Å². The number of rotatable bonds is 5. The molecule has 2 N–H and O–H groups in total. The Morgan fingerprint density at radius 1 is 1.05 bits per heavy atom. The maximum atomic E-state index is 5.19. The van der Waals surface area contributed by atoms with E-state index in [1.165, 1.54) is 31.4 Å². The van der Waals surface area contributed by atoms with E-state index in [9.17, 15) is 0 Å². The van der Waals surface area contributed by atoms with Gasteiger partial charge in [-0.05, 0) is 35.2 Å². The van der Waals surface area contributed by atoms with Crippen molar-refractivity contribution < 1.29 is 10.1 Å². The molecule has 110 valence electrons. The van der Waals surface area contributed by atoms with Gasteiger partial charge in [-0.1, -0.05) is 36.4 Å². The van der Waals surface area contributed by atoms with Gasteiger partial charge in [0.05, 0.1) is 19.7 Å². The minimum atomic E-state index is 0.748. The van der Waals surface area contributed by atoms with Gasteiger partial charge < -0.3 is 10.1 Å². The topological polar surface area (TPSA) is 25.8 Å². The Morgan fingerprint density at radius 2 is 1.81 bits per heavy atom. The molecule has 1 aliphatic rings. The molecule has 0 heterocycles. The lowest BCUT2D eigenvalue weighted by Crippen LogP contribution is -2.91. The van der Waals surface area contributed by atoms with Crippen molar-refractivity contribution in [1.29, 1.82) is 0 Å². The molecule has 0 amide bonds. The second-order valence-corrected chi connectivity index (χ2v) is 5.89. The summed E-state index contributed by atoms with van der Waals surface area (Å²) in [7, 11) is 1.71. The van der Waals surface area contributed by atoms with E-state index in [-0.39, 0.29) is 0 Å². The first-order chi connectivity index (χ1) is 10.3. The summed E-state index contributed by atoms with van der Waals surface area (Å²) in [5.74, 6) is 0.937. The lowest BCUT2D eigenvalue weighted by molar-refractivity contribution is -0.689. The average molecular weight is 282 g/mol. The van der Waals surface area contributed by atoms with Gasteiger partial charge >= 0.3 is 0 Å². The van der Waals surface area contributed by atoms with Crippen LogP contribution in [-0.2, 0) is 19.3 Å². The van der Waals surface area contributed by atoms with Gasteiger partial charge in [-0.2, -0.15) is 0 Å². The summed E-state index contributed by atoms with van der Waals surface area (Å²) >= 11 is 0. The van der Waals surface area contributed by atoms with E-state index in [2.05, 4.69) is 41.7 Å². The highest BCUT2D eigenvalue weighted by Gasteiger charge is 2.20. The molecule has 0 aliphatic heterocycles. The molecule has 1 aliphatic carbocycles. The molecule has 0 spiro atoms. The number of fused-ring (bicyclic) bond motifs is 1. The molecule has 3 rings (SSSR count). The van der Waals surface area contributed by atoms with E-state index in [0.717, 1.165) is 18.2 Å². The number of ether oxygens (including phenoxy) is 1. The van der Waals surface area contributed by atoms with Crippen LogP contribution in [0.5, 0.6) is 5.75 Å². The molecule has 0 bridgehead atoms. The molecule has 2 aromatic rings. The van der Waals surface area contributed by atoms with Gasteiger partial charge in [-0.15, -0.1) is 0 Å². The van der Waals surface area contributed by atoms with Gasteiger partial charge in [0.2, 0.25) is 0 Å². The van der Waals surface area contributed by atoms with Crippen LogP contribution in [0.2, 0.25) is 0 Å². The third-order valence-electron chi connectivity index (χ3n) is 4.48. The molecule has 2 aromatic carbocycles. The largest absolute Gasteiger partial charge is 0.497 e. The lowest BCUT2D eigenvalue weighted by atomic mass is 9.88. The average Bonchev–Trinajstić information content (AvgIpc) is 2.55. The maximum Gasteiger partial charge on any atom is 0.118 e. The van der Waals surface area contributed by atoms with Crippen LogP contribution in [0.25, 0.3) is 0 Å². The van der Waals surface area contributed by atoms with E-state index in [1.54, 1.807) is 18.2 Å². The Balaban J connectivity index is 1.48. The minimum Gasteiger partial charge on any atom is -0.497 e. The Hall–Kier alpha value is -1.80. The van der Waals surface area contributed by atoms with Crippen LogP contribution in [0.15, 0.2) is 48.5 Å². The van der Waals surface area contributed by atoms with Gasteiger partial charge in [0.25, 0.3) is 0 Å². The van der Waals surface area contributed by atoms with Gasteiger partial charge in [-0.3, -0.25) is 0 Å². The quantitative estimate of drug-likeness (QED) is 0.895. The van der Waals surface area contributed by atoms with Crippen molar-refractivity contribution in [3.8, 4) is 5.75 Å². The molecule has 21 heavy (non-hydrogen) atoms. The van der Waals surface area contributed by atoms with E-state index < -0.39 is 0 Å². The summed E-state index contributed by atoms with van der Waals surface area (Å²) in [5, 5.41) is 2.53. The van der Waals surface area contributed by atoms with Gasteiger partial charge in [0.1, 0.15) is 5.75 Å². The summed E-state index contributed by atoms with van der Waals surface area (Å²) in [6.45, 7) is 1.17. The Labute approximate surface area is 127 Å². The van der Waals surface area contributed by atoms with Crippen molar-refractivity contribution in [2.45, 2.75) is 31.7 Å². The van der Waals surface area contributed by atoms with Crippen LogP contribution < -0.4 is 10.1 Å². The fraction of sp³-hybridized carbons (Fsp3) is 0.368. The normalized spacial score (nSPS) is 17.3. The summed E-state index contributed by atoms with van der Waals surface area (Å²) in [5.41, 5.74) is 4.50. The SMILES string of the molecule is COc1ccc(CC[NH2+][C@@H]2CCc3ccccc3C2)cc1. The molecule has 0 radical (unpaired) electrons. The third-order valence-corrected chi connectivity index (χ3v) is 4.48. The molecule has 2 nitrogen and oxygen atoms in total. The van der Waals surface area contributed by atoms with Gasteiger partial charge in [0, 0.05) is 19.3 Å². The Morgan fingerprint density at radius 3 is 2.57 bits per heavy atom. The predicted molar refractivity (Wildman–Crippen MR) is 85.7 cm³/mol. The highest BCUT2D eigenvalue weighted by atomic mass is 16.5. The van der Waals surface area contributed by atoms with E-state index in [4.69, 9.17) is 4.74 Å². The second-order valence-electron chi connectivity index (χ2n) is 5.89. The summed E-state index contributed by atoms with van der Waals surface area (Å²) in [4.78, 5) is 0. The van der Waals surface area contributed by atoms with Crippen molar-refractivity contribution in [3.63, 3.8) is 0 Å². The smallest absolute Gasteiger partial charge is 0.118 e. The van der Waals surface area contributed by atoms with Crippen LogP contribution in [0.4, 0.5) is 0 Å². The molecular formula is C19H24NO+. The molecule has 2 heteroatoms. The number of aryl methyl sites for hydroxylation is 1. The van der Waals surface area contributed by atoms with Crippen molar-refractivity contribution in [2.75, 3.05) is 13.7 Å². The van der Waals surface area contributed by atoms with Crippen LogP contribution >= 0.6 is 0 Å². The molecular weight excluding hydrogens is 258 g/mol. The zero-order valence-electron chi connectivity index (χ0n) is 12.7. The second kappa shape index (κ2) is 6.77. The molecule has 0 saturated heterocycles. The van der Waals surface area contributed by atoms with Gasteiger partial charge in [0.15, 0.2) is 0 Å². The fourth-order valence-electron chi connectivity index (χ4n) is 3.21. The number of methoxy groups -OCH3 is 1. The third kappa shape index (κ3) is 3.64. The van der Waals surface area contributed by atoms with Crippen LogP contribution in [0.1, 0.15) is 23.1 Å². The maximum absolute atomic E-state index is 5.19. The molecule has 0 aromatic heterocycles. The molecule has 0 unspecified atom stereocenters. The highest BCUT2D eigenvalue weighted by molar-refractivity contribution is 5.30. The lowest BCUT2D eigenvalue weighted by Gasteiger charge is -2.23. The first kappa shape index (κ1) is 14.2.